The molecule has 0 bridgehead atoms. The summed E-state index contributed by atoms with van der Waals surface area (Å²) < 4.78 is 5.56. The Morgan fingerprint density at radius 3 is 2.74 bits per heavy atom. The molecule has 0 spiro atoms. The Hall–Kier alpha value is -1.66. The lowest BCUT2D eigenvalue weighted by molar-refractivity contribution is -0.122. The van der Waals surface area contributed by atoms with E-state index >= 15 is 0 Å². The minimum Gasteiger partial charge on any atom is -0.395 e. The zero-order valence-corrected chi connectivity index (χ0v) is 11.2. The van der Waals surface area contributed by atoms with Crippen molar-refractivity contribution in [2.24, 2.45) is 5.73 Å². The van der Waals surface area contributed by atoms with E-state index < -0.39 is 5.85 Å². The smallest absolute Gasteiger partial charge is 0.207 e. The Morgan fingerprint density at radius 2 is 2.11 bits per heavy atom. The lowest BCUT2D eigenvalue weighted by Crippen LogP contribution is -2.50. The largest absolute Gasteiger partial charge is 0.395 e. The lowest BCUT2D eigenvalue weighted by Gasteiger charge is -2.33. The van der Waals surface area contributed by atoms with Gasteiger partial charge in [-0.15, -0.1) is 0 Å². The van der Waals surface area contributed by atoms with Crippen molar-refractivity contribution in [1.29, 1.82) is 0 Å². The van der Waals surface area contributed by atoms with Crippen molar-refractivity contribution in [3.05, 3.63) is 22.5 Å². The topological polar surface area (TPSA) is 84.7 Å². The molecule has 102 valence electrons. The monoisotopic (exact) mass is 263 g/mol. The molecule has 0 aromatic heterocycles. The second-order valence-electron chi connectivity index (χ2n) is 5.35. The van der Waals surface area contributed by atoms with Gasteiger partial charge in [0.2, 0.25) is 17.4 Å². The van der Waals surface area contributed by atoms with Crippen LogP contribution in [0.3, 0.4) is 0 Å². The van der Waals surface area contributed by atoms with Crippen LogP contribution in [0.15, 0.2) is 22.5 Å². The predicted molar refractivity (Wildman–Crippen MR) is 67.6 cm³/mol. The van der Waals surface area contributed by atoms with Crippen LogP contribution in [-0.2, 0) is 14.3 Å². The van der Waals surface area contributed by atoms with Gasteiger partial charge >= 0.3 is 0 Å². The second kappa shape index (κ2) is 3.68. The van der Waals surface area contributed by atoms with Gasteiger partial charge in [0.1, 0.15) is 0 Å². The van der Waals surface area contributed by atoms with Crippen molar-refractivity contribution in [1.82, 2.24) is 10.2 Å². The molecule has 0 aromatic rings. The molecule has 2 heterocycles. The molecule has 3 aliphatic rings. The number of hydrogen-bond acceptors (Lipinski definition) is 6. The van der Waals surface area contributed by atoms with Crippen LogP contribution in [-0.4, -0.2) is 42.0 Å². The van der Waals surface area contributed by atoms with E-state index in [4.69, 9.17) is 10.5 Å². The Bertz CT molecular complexity index is 563. The van der Waals surface area contributed by atoms with E-state index in [1.807, 2.05) is 11.8 Å². The molecule has 6 nitrogen and oxygen atoms in total. The fourth-order valence-electron chi connectivity index (χ4n) is 3.16. The molecule has 1 unspecified atom stereocenters. The van der Waals surface area contributed by atoms with Gasteiger partial charge in [-0.25, -0.2) is 0 Å². The van der Waals surface area contributed by atoms with Crippen LogP contribution in [0.4, 0.5) is 0 Å². The van der Waals surface area contributed by atoms with Gasteiger partial charge in [-0.2, -0.15) is 0 Å². The van der Waals surface area contributed by atoms with Gasteiger partial charge in [-0.3, -0.25) is 14.9 Å². The van der Waals surface area contributed by atoms with E-state index in [0.717, 1.165) is 0 Å². The highest BCUT2D eigenvalue weighted by molar-refractivity contribution is 6.25. The van der Waals surface area contributed by atoms with Crippen molar-refractivity contribution in [2.75, 3.05) is 13.7 Å². The molecule has 0 saturated carbocycles. The Kier molecular flexibility index (Phi) is 2.40. The van der Waals surface area contributed by atoms with Crippen LogP contribution in [0.1, 0.15) is 20.3 Å². The molecule has 1 fully saturated rings. The van der Waals surface area contributed by atoms with Crippen LogP contribution < -0.4 is 11.1 Å². The van der Waals surface area contributed by atoms with Crippen LogP contribution in [0.25, 0.3) is 0 Å². The number of carbonyl (C=O) groups excluding carboxylic acids is 2. The number of Topliss-reactive ketones (excluding diaryl/α,β-unsaturated/α-hetero) is 2. The molecule has 2 aliphatic heterocycles. The first-order valence-corrected chi connectivity index (χ1v) is 6.30. The highest BCUT2D eigenvalue weighted by atomic mass is 16.5. The van der Waals surface area contributed by atoms with Crippen LogP contribution >= 0.6 is 0 Å². The number of methoxy groups -OCH3 is 1. The first kappa shape index (κ1) is 12.4. The van der Waals surface area contributed by atoms with Gasteiger partial charge in [0.15, 0.2) is 0 Å². The van der Waals surface area contributed by atoms with Crippen molar-refractivity contribution in [2.45, 2.75) is 32.2 Å². The van der Waals surface area contributed by atoms with Crippen LogP contribution in [0, 0.1) is 0 Å². The normalized spacial score (nSPS) is 34.3. The molecular formula is C13H17N3O3. The van der Waals surface area contributed by atoms with Gasteiger partial charge < -0.3 is 15.4 Å². The minimum atomic E-state index is -0.777. The highest BCUT2D eigenvalue weighted by Gasteiger charge is 2.55. The van der Waals surface area contributed by atoms with E-state index in [1.54, 1.807) is 14.0 Å². The SMILES string of the molecule is CO[C@@]12CC3=C(C(=O)C(C)=C(N)C3=O)N1CC(C)N2. The third-order valence-electron chi connectivity index (χ3n) is 4.15. The summed E-state index contributed by atoms with van der Waals surface area (Å²) in [6.45, 7) is 4.25. The summed E-state index contributed by atoms with van der Waals surface area (Å²) in [5.41, 5.74) is 7.04. The summed E-state index contributed by atoms with van der Waals surface area (Å²) in [5, 5.41) is 3.30. The summed E-state index contributed by atoms with van der Waals surface area (Å²) in [6.07, 6.45) is 0.349. The molecule has 0 radical (unpaired) electrons. The van der Waals surface area contributed by atoms with Crippen LogP contribution in [0.5, 0.6) is 0 Å². The number of nitrogens with two attached hydrogens (primary N) is 1. The zero-order chi connectivity index (χ0) is 13.9. The number of allylic oxidation sites excluding steroid dienone is 2. The van der Waals surface area contributed by atoms with E-state index in [-0.39, 0.29) is 23.3 Å². The first-order valence-electron chi connectivity index (χ1n) is 6.30. The summed E-state index contributed by atoms with van der Waals surface area (Å²) in [7, 11) is 1.58. The maximum atomic E-state index is 12.4. The average Bonchev–Trinajstić information content (AvgIpc) is 2.85. The van der Waals surface area contributed by atoms with Gasteiger partial charge in [-0.1, -0.05) is 0 Å². The molecule has 19 heavy (non-hydrogen) atoms. The van der Waals surface area contributed by atoms with E-state index in [1.165, 1.54) is 0 Å². The molecule has 2 atom stereocenters. The second-order valence-corrected chi connectivity index (χ2v) is 5.35. The molecule has 6 heteroatoms. The molecule has 3 N–H and O–H groups in total. The maximum Gasteiger partial charge on any atom is 0.207 e. The van der Waals surface area contributed by atoms with Gasteiger partial charge in [0.05, 0.1) is 11.4 Å². The maximum absolute atomic E-state index is 12.4. The number of nitrogens with zero attached hydrogens (tertiary/aromatic N) is 1. The average molecular weight is 263 g/mol. The van der Waals surface area contributed by atoms with Gasteiger partial charge in [0, 0.05) is 37.3 Å². The molecular weight excluding hydrogens is 246 g/mol. The molecule has 1 saturated heterocycles. The van der Waals surface area contributed by atoms with Crippen molar-refractivity contribution in [3.8, 4) is 0 Å². The summed E-state index contributed by atoms with van der Waals surface area (Å²) in [5.74, 6) is -1.19. The fourth-order valence-corrected chi connectivity index (χ4v) is 3.16. The minimum absolute atomic E-state index is 0.0595. The van der Waals surface area contributed by atoms with Crippen molar-refractivity contribution in [3.63, 3.8) is 0 Å². The third-order valence-corrected chi connectivity index (χ3v) is 4.15. The molecule has 0 aromatic carbocycles. The van der Waals surface area contributed by atoms with E-state index in [0.29, 0.717) is 29.8 Å². The standard InChI is InChI=1S/C13H17N3O3/c1-6-5-16-10-8(4-13(16,15-6)19-3)12(18)9(14)7(2)11(10)17/h6,15H,4-5,14H2,1-3H3/t6?,13-/m1/s1. The number of carbonyl (C=O) groups is 2. The molecule has 3 rings (SSSR count). The highest BCUT2D eigenvalue weighted by Crippen LogP contribution is 2.43. The van der Waals surface area contributed by atoms with Crippen LogP contribution in [0.2, 0.25) is 0 Å². The number of ketones is 2. The molecule has 0 amide bonds. The number of rotatable bonds is 1. The van der Waals surface area contributed by atoms with Gasteiger partial charge in [0.25, 0.3) is 0 Å². The van der Waals surface area contributed by atoms with Crippen molar-refractivity contribution < 1.29 is 14.3 Å². The third kappa shape index (κ3) is 1.38. The number of fused-ring (bicyclic) bond motifs is 2. The summed E-state index contributed by atoms with van der Waals surface area (Å²) in [4.78, 5) is 26.5. The Morgan fingerprint density at radius 1 is 1.42 bits per heavy atom. The zero-order valence-electron chi connectivity index (χ0n) is 11.2. The summed E-state index contributed by atoms with van der Waals surface area (Å²) in [6, 6.07) is 0.195. The van der Waals surface area contributed by atoms with E-state index in [2.05, 4.69) is 5.32 Å². The number of nitrogens with one attached hydrogen (secondary N) is 1. The fraction of sp³-hybridized carbons (Fsp3) is 0.538. The predicted octanol–water partition coefficient (Wildman–Crippen LogP) is -0.377. The number of hydrogen-bond donors (Lipinski definition) is 2. The Labute approximate surface area is 111 Å². The lowest BCUT2D eigenvalue weighted by atomic mass is 9.91. The van der Waals surface area contributed by atoms with Crippen molar-refractivity contribution >= 4 is 11.6 Å². The van der Waals surface area contributed by atoms with Gasteiger partial charge in [-0.05, 0) is 13.8 Å². The van der Waals surface area contributed by atoms with E-state index in [9.17, 15) is 9.59 Å². The summed E-state index contributed by atoms with van der Waals surface area (Å²) >= 11 is 0. The first-order chi connectivity index (χ1) is 8.91. The quantitative estimate of drug-likeness (QED) is 0.628. The number of ether oxygens (including phenoxy) is 1. The molecule has 1 aliphatic carbocycles. The Balaban J connectivity index is 2.10.